The van der Waals surface area contributed by atoms with Gasteiger partial charge in [0.2, 0.25) is 0 Å². The fraction of sp³-hybridized carbons (Fsp3) is 1.00. The molecule has 2 aliphatic rings. The zero-order chi connectivity index (χ0) is 15.2. The van der Waals surface area contributed by atoms with Crippen LogP contribution < -0.4 is 5.73 Å². The van der Waals surface area contributed by atoms with Gasteiger partial charge >= 0.3 is 0 Å². The van der Waals surface area contributed by atoms with Crippen molar-refractivity contribution in [3.63, 3.8) is 0 Å². The second-order valence-corrected chi connectivity index (χ2v) is 8.00. The molecule has 21 heavy (non-hydrogen) atoms. The number of rotatable bonds is 5. The average molecular weight is 295 g/mol. The van der Waals surface area contributed by atoms with E-state index in [-0.39, 0.29) is 0 Å². The van der Waals surface area contributed by atoms with Crippen molar-refractivity contribution in [1.82, 2.24) is 4.90 Å². The van der Waals surface area contributed by atoms with Crippen molar-refractivity contribution in [2.75, 3.05) is 19.6 Å². The molecule has 1 aliphatic heterocycles. The Kier molecular flexibility index (Phi) is 7.01. The molecule has 0 bridgehead atoms. The molecule has 1 heterocycles. The van der Waals surface area contributed by atoms with E-state index in [4.69, 9.17) is 5.73 Å². The van der Waals surface area contributed by atoms with Crippen LogP contribution in [0.3, 0.4) is 0 Å². The second-order valence-electron chi connectivity index (χ2n) is 8.00. The lowest BCUT2D eigenvalue weighted by atomic mass is 9.76. The lowest BCUT2D eigenvalue weighted by Gasteiger charge is -2.42. The Balaban J connectivity index is 1.96. The van der Waals surface area contributed by atoms with Gasteiger partial charge in [-0.15, -0.1) is 0 Å². The monoisotopic (exact) mass is 294 g/mol. The van der Waals surface area contributed by atoms with E-state index in [1.54, 1.807) is 0 Å². The largest absolute Gasteiger partial charge is 0.330 e. The fourth-order valence-corrected chi connectivity index (χ4v) is 4.83. The number of likely N-dealkylation sites (tertiary alicyclic amines) is 1. The summed E-state index contributed by atoms with van der Waals surface area (Å²) in [6, 6.07) is 0.784. The molecule has 4 unspecified atom stereocenters. The molecule has 0 amide bonds. The molecule has 1 aliphatic carbocycles. The standard InChI is InChI=1S/C19H38N2/c1-4-6-16-8-9-18(14-20)19(13-16)21-11-5-7-17(10-12-21)15(2)3/h15-19H,4-14,20H2,1-3H3. The third-order valence-electron chi connectivity index (χ3n) is 6.28. The molecule has 1 saturated heterocycles. The number of nitrogens with zero attached hydrogens (tertiary/aromatic N) is 1. The number of hydrogen-bond donors (Lipinski definition) is 1. The van der Waals surface area contributed by atoms with Crippen molar-refractivity contribution in [2.45, 2.75) is 78.2 Å². The van der Waals surface area contributed by atoms with Crippen molar-refractivity contribution < 1.29 is 0 Å². The summed E-state index contributed by atoms with van der Waals surface area (Å²) in [7, 11) is 0. The zero-order valence-corrected chi connectivity index (χ0v) is 14.7. The van der Waals surface area contributed by atoms with Crippen LogP contribution in [0.5, 0.6) is 0 Å². The summed E-state index contributed by atoms with van der Waals surface area (Å²) >= 11 is 0. The van der Waals surface area contributed by atoms with Gasteiger partial charge in [0.1, 0.15) is 0 Å². The maximum absolute atomic E-state index is 6.11. The average Bonchev–Trinajstić information content (AvgIpc) is 2.73. The van der Waals surface area contributed by atoms with Gasteiger partial charge in [0.15, 0.2) is 0 Å². The van der Waals surface area contributed by atoms with E-state index in [0.717, 1.165) is 36.3 Å². The first kappa shape index (κ1) is 17.3. The van der Waals surface area contributed by atoms with Crippen LogP contribution in [-0.2, 0) is 0 Å². The normalized spacial score (nSPS) is 35.9. The summed E-state index contributed by atoms with van der Waals surface area (Å²) < 4.78 is 0. The van der Waals surface area contributed by atoms with E-state index in [0.29, 0.717) is 0 Å². The fourth-order valence-electron chi connectivity index (χ4n) is 4.83. The second kappa shape index (κ2) is 8.53. The van der Waals surface area contributed by atoms with Crippen LogP contribution in [0.25, 0.3) is 0 Å². The molecular formula is C19H38N2. The molecule has 4 atom stereocenters. The molecule has 0 spiro atoms. The lowest BCUT2D eigenvalue weighted by molar-refractivity contribution is 0.0802. The maximum atomic E-state index is 6.11. The molecule has 0 aromatic heterocycles. The van der Waals surface area contributed by atoms with Gasteiger partial charge in [-0.1, -0.05) is 40.0 Å². The highest BCUT2D eigenvalue weighted by atomic mass is 15.2. The molecular weight excluding hydrogens is 256 g/mol. The molecule has 0 radical (unpaired) electrons. The van der Waals surface area contributed by atoms with E-state index in [1.807, 2.05) is 0 Å². The van der Waals surface area contributed by atoms with Crippen LogP contribution in [0.1, 0.15) is 72.1 Å². The zero-order valence-electron chi connectivity index (χ0n) is 14.7. The van der Waals surface area contributed by atoms with Crippen LogP contribution in [0.2, 0.25) is 0 Å². The van der Waals surface area contributed by atoms with E-state index in [2.05, 4.69) is 25.7 Å². The van der Waals surface area contributed by atoms with Gasteiger partial charge in [-0.2, -0.15) is 0 Å². The van der Waals surface area contributed by atoms with Crippen molar-refractivity contribution in [3.8, 4) is 0 Å². The van der Waals surface area contributed by atoms with Crippen LogP contribution >= 0.6 is 0 Å². The van der Waals surface area contributed by atoms with Crippen LogP contribution in [-0.4, -0.2) is 30.6 Å². The van der Waals surface area contributed by atoms with Gasteiger partial charge in [0.05, 0.1) is 0 Å². The molecule has 0 aromatic carbocycles. The van der Waals surface area contributed by atoms with Gasteiger partial charge < -0.3 is 10.6 Å². The molecule has 124 valence electrons. The van der Waals surface area contributed by atoms with Crippen LogP contribution in [0.4, 0.5) is 0 Å². The molecule has 2 fully saturated rings. The first-order chi connectivity index (χ1) is 10.2. The summed E-state index contributed by atoms with van der Waals surface area (Å²) in [5, 5.41) is 0. The van der Waals surface area contributed by atoms with Crippen molar-refractivity contribution in [3.05, 3.63) is 0 Å². The quantitative estimate of drug-likeness (QED) is 0.819. The molecule has 2 N–H and O–H groups in total. The molecule has 1 saturated carbocycles. The Morgan fingerprint density at radius 3 is 2.57 bits per heavy atom. The van der Waals surface area contributed by atoms with Crippen molar-refractivity contribution in [2.24, 2.45) is 29.4 Å². The number of hydrogen-bond acceptors (Lipinski definition) is 2. The highest BCUT2D eigenvalue weighted by Crippen LogP contribution is 2.36. The third-order valence-corrected chi connectivity index (χ3v) is 6.28. The maximum Gasteiger partial charge on any atom is 0.0138 e. The Bertz CT molecular complexity index is 289. The summed E-state index contributed by atoms with van der Waals surface area (Å²) in [5.74, 6) is 3.52. The topological polar surface area (TPSA) is 29.3 Å². The van der Waals surface area contributed by atoms with Gasteiger partial charge in [-0.25, -0.2) is 0 Å². The molecule has 2 heteroatoms. The van der Waals surface area contributed by atoms with Gasteiger partial charge in [0, 0.05) is 6.04 Å². The minimum absolute atomic E-state index is 0.758. The van der Waals surface area contributed by atoms with Gasteiger partial charge in [-0.05, 0) is 75.4 Å². The van der Waals surface area contributed by atoms with Crippen molar-refractivity contribution in [1.29, 1.82) is 0 Å². The molecule has 0 aromatic rings. The first-order valence-corrected chi connectivity index (χ1v) is 9.59. The van der Waals surface area contributed by atoms with E-state index < -0.39 is 0 Å². The van der Waals surface area contributed by atoms with E-state index >= 15 is 0 Å². The predicted octanol–water partition coefficient (Wildman–Crippen LogP) is 4.29. The Morgan fingerprint density at radius 2 is 1.90 bits per heavy atom. The summed E-state index contributed by atoms with van der Waals surface area (Å²) in [6.45, 7) is 10.7. The van der Waals surface area contributed by atoms with Gasteiger partial charge in [0.25, 0.3) is 0 Å². The Labute approximate surface area is 132 Å². The van der Waals surface area contributed by atoms with E-state index in [1.165, 1.54) is 64.5 Å². The first-order valence-electron chi connectivity index (χ1n) is 9.59. The lowest BCUT2D eigenvalue weighted by Crippen LogP contribution is -2.47. The molecule has 2 rings (SSSR count). The predicted molar refractivity (Wildman–Crippen MR) is 92.3 cm³/mol. The van der Waals surface area contributed by atoms with Gasteiger partial charge in [-0.3, -0.25) is 0 Å². The summed E-state index contributed by atoms with van der Waals surface area (Å²) in [4.78, 5) is 2.84. The van der Waals surface area contributed by atoms with Crippen LogP contribution in [0, 0.1) is 23.7 Å². The highest BCUT2D eigenvalue weighted by molar-refractivity contribution is 4.89. The smallest absolute Gasteiger partial charge is 0.0138 e. The summed E-state index contributed by atoms with van der Waals surface area (Å²) in [6.07, 6.45) is 11.2. The Morgan fingerprint density at radius 1 is 1.10 bits per heavy atom. The Hall–Kier alpha value is -0.0800. The highest BCUT2D eigenvalue weighted by Gasteiger charge is 2.34. The van der Waals surface area contributed by atoms with Crippen LogP contribution in [0.15, 0.2) is 0 Å². The minimum Gasteiger partial charge on any atom is -0.330 e. The minimum atomic E-state index is 0.758. The molecule has 2 nitrogen and oxygen atoms in total. The third kappa shape index (κ3) is 4.69. The van der Waals surface area contributed by atoms with E-state index in [9.17, 15) is 0 Å². The number of nitrogens with two attached hydrogens (primary N) is 1. The SMILES string of the molecule is CCCC1CCC(CN)C(N2CCCC(C(C)C)CC2)C1. The van der Waals surface area contributed by atoms with Crippen molar-refractivity contribution >= 4 is 0 Å². The summed E-state index contributed by atoms with van der Waals surface area (Å²) in [5.41, 5.74) is 6.11.